The largest absolute Gasteiger partial charge is 0.508 e. The molecule has 3 rings (SSSR count). The number of nitrogens with zero attached hydrogens (tertiary/aromatic N) is 1. The number of carbonyl (C=O) groups excluding carboxylic acids is 1. The van der Waals surface area contributed by atoms with Crippen molar-refractivity contribution >= 4 is 11.7 Å². The van der Waals surface area contributed by atoms with Crippen LogP contribution in [-0.4, -0.2) is 40.2 Å². The predicted octanol–water partition coefficient (Wildman–Crippen LogP) is 3.31. The van der Waals surface area contributed by atoms with E-state index in [-0.39, 0.29) is 17.7 Å². The second-order valence-corrected chi connectivity index (χ2v) is 9.02. The van der Waals surface area contributed by atoms with E-state index in [9.17, 15) is 15.0 Å². The molecule has 2 atom stereocenters. The number of amides is 1. The number of hydrogen-bond acceptors (Lipinski definition) is 6. The van der Waals surface area contributed by atoms with Gasteiger partial charge < -0.3 is 26.6 Å². The fraction of sp³-hybridized carbons (Fsp3) is 0.357. The number of phenolic OH excluding ortho intramolecular Hbond substituents is 1. The van der Waals surface area contributed by atoms with Crippen LogP contribution in [0.25, 0.3) is 0 Å². The maximum atomic E-state index is 12.4. The Balaban J connectivity index is 1.35. The van der Waals surface area contributed by atoms with Crippen molar-refractivity contribution in [1.29, 1.82) is 0 Å². The van der Waals surface area contributed by atoms with Crippen LogP contribution >= 0.6 is 0 Å². The number of aromatic hydroxyl groups is 1. The Morgan fingerprint density at radius 2 is 1.80 bits per heavy atom. The van der Waals surface area contributed by atoms with E-state index in [0.717, 1.165) is 42.4 Å². The molecule has 186 valence electrons. The molecule has 0 aliphatic carbocycles. The standard InChI is InChI=1S/C28H36N4O3/c1-20(31-19-26(34)24-10-13-27(29)32-18-24)15-22-6-4-7-23(16-22)17-28(35)30-14-3-2-5-21-8-11-25(33)12-9-21/h4,6-13,16,18,20,26,31,33-34H,2-3,5,14-15,17,19H2,1H3,(H2,29,32)(H,30,35)/t20-,26+/m1/s1. The van der Waals surface area contributed by atoms with Crippen molar-refractivity contribution in [2.24, 2.45) is 0 Å². The number of anilines is 1. The molecule has 7 nitrogen and oxygen atoms in total. The molecule has 0 radical (unpaired) electrons. The smallest absolute Gasteiger partial charge is 0.224 e. The molecule has 35 heavy (non-hydrogen) atoms. The molecule has 1 amide bonds. The summed E-state index contributed by atoms with van der Waals surface area (Å²) in [7, 11) is 0. The number of benzene rings is 2. The van der Waals surface area contributed by atoms with Crippen molar-refractivity contribution in [2.45, 2.75) is 51.2 Å². The Labute approximate surface area is 207 Å². The third-order valence-electron chi connectivity index (χ3n) is 5.90. The molecular formula is C28H36N4O3. The van der Waals surface area contributed by atoms with E-state index in [1.807, 2.05) is 24.3 Å². The van der Waals surface area contributed by atoms with Crippen molar-refractivity contribution in [3.63, 3.8) is 0 Å². The van der Waals surface area contributed by atoms with Gasteiger partial charge in [-0.05, 0) is 67.5 Å². The highest BCUT2D eigenvalue weighted by molar-refractivity contribution is 5.78. The first-order chi connectivity index (χ1) is 16.9. The van der Waals surface area contributed by atoms with Gasteiger partial charge in [-0.1, -0.05) is 42.5 Å². The van der Waals surface area contributed by atoms with Crippen molar-refractivity contribution in [1.82, 2.24) is 15.6 Å². The van der Waals surface area contributed by atoms with Crippen LogP contribution in [0.15, 0.2) is 66.9 Å². The molecule has 0 saturated heterocycles. The molecule has 0 aliphatic rings. The molecule has 0 fully saturated rings. The molecule has 0 aliphatic heterocycles. The summed E-state index contributed by atoms with van der Waals surface area (Å²) in [6.07, 6.45) is 4.91. The van der Waals surface area contributed by atoms with Crippen molar-refractivity contribution < 1.29 is 15.0 Å². The summed E-state index contributed by atoms with van der Waals surface area (Å²) in [6.45, 7) is 3.15. The number of nitrogen functional groups attached to an aromatic ring is 1. The van der Waals surface area contributed by atoms with Gasteiger partial charge in [0.05, 0.1) is 12.5 Å². The van der Waals surface area contributed by atoms with E-state index in [0.29, 0.717) is 25.3 Å². The van der Waals surface area contributed by atoms with Gasteiger partial charge in [-0.25, -0.2) is 4.98 Å². The van der Waals surface area contributed by atoms with Crippen LogP contribution in [0, 0.1) is 0 Å². The van der Waals surface area contributed by atoms with Gasteiger partial charge >= 0.3 is 0 Å². The van der Waals surface area contributed by atoms with Crippen LogP contribution < -0.4 is 16.4 Å². The predicted molar refractivity (Wildman–Crippen MR) is 139 cm³/mol. The number of pyridine rings is 1. The Morgan fingerprint density at radius 1 is 1.03 bits per heavy atom. The van der Waals surface area contributed by atoms with Gasteiger partial charge in [0.15, 0.2) is 0 Å². The number of phenols is 1. The Morgan fingerprint density at radius 3 is 2.54 bits per heavy atom. The van der Waals surface area contributed by atoms with Gasteiger partial charge in [0.2, 0.25) is 5.91 Å². The van der Waals surface area contributed by atoms with Gasteiger partial charge in [-0.3, -0.25) is 4.79 Å². The summed E-state index contributed by atoms with van der Waals surface area (Å²) >= 11 is 0. The maximum Gasteiger partial charge on any atom is 0.224 e. The van der Waals surface area contributed by atoms with Gasteiger partial charge in [-0.2, -0.15) is 0 Å². The van der Waals surface area contributed by atoms with Crippen molar-refractivity contribution in [3.05, 3.63) is 89.1 Å². The lowest BCUT2D eigenvalue weighted by Crippen LogP contribution is -2.32. The van der Waals surface area contributed by atoms with Gasteiger partial charge in [0, 0.05) is 30.9 Å². The maximum absolute atomic E-state index is 12.4. The molecule has 0 saturated carbocycles. The molecular weight excluding hydrogens is 440 g/mol. The highest BCUT2D eigenvalue weighted by atomic mass is 16.3. The number of nitrogens with two attached hydrogens (primary N) is 1. The van der Waals surface area contributed by atoms with Gasteiger partial charge in [0.1, 0.15) is 11.6 Å². The zero-order valence-electron chi connectivity index (χ0n) is 20.3. The van der Waals surface area contributed by atoms with Gasteiger partial charge in [-0.15, -0.1) is 0 Å². The zero-order valence-corrected chi connectivity index (χ0v) is 20.3. The summed E-state index contributed by atoms with van der Waals surface area (Å²) in [4.78, 5) is 16.4. The second kappa shape index (κ2) is 13.5. The zero-order chi connectivity index (χ0) is 25.0. The highest BCUT2D eigenvalue weighted by Gasteiger charge is 2.11. The van der Waals surface area contributed by atoms with Crippen LogP contribution in [0.5, 0.6) is 5.75 Å². The van der Waals surface area contributed by atoms with E-state index in [4.69, 9.17) is 5.73 Å². The van der Waals surface area contributed by atoms with Crippen molar-refractivity contribution in [2.75, 3.05) is 18.8 Å². The highest BCUT2D eigenvalue weighted by Crippen LogP contribution is 2.14. The monoisotopic (exact) mass is 476 g/mol. The minimum absolute atomic E-state index is 0.0261. The van der Waals surface area contributed by atoms with Crippen LogP contribution in [0.1, 0.15) is 48.1 Å². The number of nitrogens with one attached hydrogen (secondary N) is 2. The minimum Gasteiger partial charge on any atom is -0.508 e. The fourth-order valence-corrected chi connectivity index (χ4v) is 3.93. The van der Waals surface area contributed by atoms with E-state index in [2.05, 4.69) is 34.7 Å². The Hall–Kier alpha value is -3.42. The number of carbonyl (C=O) groups is 1. The molecule has 1 heterocycles. The molecule has 3 aromatic rings. The number of hydrogen-bond donors (Lipinski definition) is 5. The van der Waals surface area contributed by atoms with E-state index >= 15 is 0 Å². The van der Waals surface area contributed by atoms with Crippen LogP contribution in [0.4, 0.5) is 5.82 Å². The molecule has 2 aromatic carbocycles. The Kier molecular flexibility index (Phi) is 10.1. The van der Waals surface area contributed by atoms with Crippen molar-refractivity contribution in [3.8, 4) is 5.75 Å². The number of aromatic nitrogens is 1. The number of aliphatic hydroxyl groups excluding tert-OH is 1. The molecule has 0 unspecified atom stereocenters. The first-order valence-electron chi connectivity index (χ1n) is 12.1. The summed E-state index contributed by atoms with van der Waals surface area (Å²) in [5.41, 5.74) is 9.65. The topological polar surface area (TPSA) is 120 Å². The molecule has 0 spiro atoms. The van der Waals surface area contributed by atoms with Crippen LogP contribution in [0.3, 0.4) is 0 Å². The minimum atomic E-state index is -0.651. The SMILES string of the molecule is C[C@H](Cc1cccc(CC(=O)NCCCCc2ccc(O)cc2)c1)NC[C@H](O)c1ccc(N)nc1. The number of rotatable bonds is 13. The van der Waals surface area contributed by atoms with E-state index < -0.39 is 6.10 Å². The molecule has 7 heteroatoms. The van der Waals surface area contributed by atoms with E-state index in [1.165, 1.54) is 5.56 Å². The molecule has 6 N–H and O–H groups in total. The first-order valence-corrected chi connectivity index (χ1v) is 12.1. The van der Waals surface area contributed by atoms with Crippen LogP contribution in [-0.2, 0) is 24.1 Å². The lowest BCUT2D eigenvalue weighted by molar-refractivity contribution is -0.120. The third-order valence-corrected chi connectivity index (χ3v) is 5.90. The summed E-state index contributed by atoms with van der Waals surface area (Å²) in [5.74, 6) is 0.737. The summed E-state index contributed by atoms with van der Waals surface area (Å²) < 4.78 is 0. The average molecular weight is 477 g/mol. The lowest BCUT2D eigenvalue weighted by Gasteiger charge is -2.18. The normalized spacial score (nSPS) is 12.7. The third kappa shape index (κ3) is 9.39. The summed E-state index contributed by atoms with van der Waals surface area (Å²) in [5, 5.41) is 26.0. The quantitative estimate of drug-likeness (QED) is 0.241. The summed E-state index contributed by atoms with van der Waals surface area (Å²) in [6, 6.07) is 19.0. The first kappa shape index (κ1) is 26.2. The number of unbranched alkanes of at least 4 members (excludes halogenated alkanes) is 1. The van der Waals surface area contributed by atoms with Gasteiger partial charge in [0.25, 0.3) is 0 Å². The molecule has 1 aromatic heterocycles. The fourth-order valence-electron chi connectivity index (χ4n) is 3.93. The number of aryl methyl sites for hydroxylation is 1. The number of aliphatic hydroxyl groups is 1. The second-order valence-electron chi connectivity index (χ2n) is 9.02. The van der Waals surface area contributed by atoms with Crippen LogP contribution in [0.2, 0.25) is 0 Å². The Bertz CT molecular complexity index is 1050. The average Bonchev–Trinajstić information content (AvgIpc) is 2.84. The lowest BCUT2D eigenvalue weighted by atomic mass is 10.0. The molecule has 0 bridgehead atoms. The van der Waals surface area contributed by atoms with E-state index in [1.54, 1.807) is 30.5 Å².